The number of H-pyrrole nitrogens is 1. The largest absolute Gasteiger partial charge is 0.458 e. The van der Waals surface area contributed by atoms with Crippen molar-refractivity contribution >= 4 is 39.9 Å². The Hall–Kier alpha value is -3.60. The number of aliphatic hydroxyl groups excluding tert-OH is 1. The molecule has 10 nitrogen and oxygen atoms in total. The van der Waals surface area contributed by atoms with Crippen LogP contribution in [0.3, 0.4) is 0 Å². The molecule has 0 unspecified atom stereocenters. The number of nitrogens with zero attached hydrogens (tertiary/aromatic N) is 2. The van der Waals surface area contributed by atoms with Gasteiger partial charge in [-0.1, -0.05) is 25.1 Å². The van der Waals surface area contributed by atoms with E-state index in [1.165, 1.54) is 0 Å². The number of para-hydroxylation sites is 1. The van der Waals surface area contributed by atoms with E-state index in [-0.39, 0.29) is 35.8 Å². The SMILES string of the molecule is C[C@]12CC[C@H]3[C@@H](CC[C@]4(O)C[C@H](O)CC[C@]34/C=N\NC(=O)c3cc4c(cn3)[nH]c3ccccc34)[C@@]1(O)CC[C@H]2C1=CC(=O)OC1. The van der Waals surface area contributed by atoms with Crippen molar-refractivity contribution in [2.75, 3.05) is 6.61 Å². The summed E-state index contributed by atoms with van der Waals surface area (Å²) in [4.78, 5) is 32.9. The van der Waals surface area contributed by atoms with Gasteiger partial charge in [0.2, 0.25) is 0 Å². The predicted octanol–water partition coefficient (Wildman–Crippen LogP) is 4.14. The van der Waals surface area contributed by atoms with Crippen LogP contribution in [0.4, 0.5) is 0 Å². The van der Waals surface area contributed by atoms with Crippen LogP contribution < -0.4 is 5.43 Å². The summed E-state index contributed by atoms with van der Waals surface area (Å²) in [6.07, 6.45) is 9.58. The van der Waals surface area contributed by atoms with Gasteiger partial charge >= 0.3 is 5.97 Å². The van der Waals surface area contributed by atoms with E-state index in [1.54, 1.807) is 24.6 Å². The molecule has 3 heterocycles. The molecule has 5 aliphatic rings. The third-order valence-electron chi connectivity index (χ3n) is 12.7. The number of pyridine rings is 1. The van der Waals surface area contributed by atoms with Crippen LogP contribution in [0.25, 0.3) is 21.8 Å². The van der Waals surface area contributed by atoms with E-state index >= 15 is 0 Å². The maximum absolute atomic E-state index is 13.3. The molecule has 4 saturated carbocycles. The van der Waals surface area contributed by atoms with E-state index in [0.717, 1.165) is 46.6 Å². The number of hydrogen-bond donors (Lipinski definition) is 5. The summed E-state index contributed by atoms with van der Waals surface area (Å²) in [5.74, 6) is -0.873. The lowest BCUT2D eigenvalue weighted by Gasteiger charge is -2.65. The predicted molar refractivity (Wildman–Crippen MR) is 167 cm³/mol. The lowest BCUT2D eigenvalue weighted by atomic mass is 9.41. The first kappa shape index (κ1) is 28.8. The fourth-order valence-electron chi connectivity index (χ4n) is 10.5. The third-order valence-corrected chi connectivity index (χ3v) is 12.7. The highest BCUT2D eigenvalue weighted by atomic mass is 16.5. The summed E-state index contributed by atoms with van der Waals surface area (Å²) in [6.45, 7) is 2.45. The number of carbonyl (C=O) groups excluding carboxylic acids is 2. The van der Waals surface area contributed by atoms with Crippen molar-refractivity contribution in [1.82, 2.24) is 15.4 Å². The number of carbonyl (C=O) groups is 2. The van der Waals surface area contributed by atoms with Gasteiger partial charge in [0, 0.05) is 45.8 Å². The Kier molecular flexibility index (Phi) is 6.38. The number of benzene rings is 1. The number of ether oxygens (including phenoxy) is 1. The van der Waals surface area contributed by atoms with Gasteiger partial charge in [-0.05, 0) is 86.8 Å². The van der Waals surface area contributed by atoms with Crippen molar-refractivity contribution < 1.29 is 29.6 Å². The summed E-state index contributed by atoms with van der Waals surface area (Å²) in [5.41, 5.74) is 2.27. The van der Waals surface area contributed by atoms with Gasteiger partial charge in [0.1, 0.15) is 12.3 Å². The molecule has 4 fully saturated rings. The Morgan fingerprint density at radius 3 is 2.71 bits per heavy atom. The summed E-state index contributed by atoms with van der Waals surface area (Å²) in [7, 11) is 0. The summed E-state index contributed by atoms with van der Waals surface area (Å²) in [6, 6.07) is 9.65. The van der Waals surface area contributed by atoms with Crippen molar-refractivity contribution in [2.45, 2.75) is 82.0 Å². The summed E-state index contributed by atoms with van der Waals surface area (Å²) >= 11 is 0. The smallest absolute Gasteiger partial charge is 0.331 e. The second-order valence-electron chi connectivity index (χ2n) is 14.5. The Bertz CT molecular complexity index is 1780. The van der Waals surface area contributed by atoms with Crippen LogP contribution in [-0.4, -0.2) is 67.3 Å². The Morgan fingerprint density at radius 1 is 1.07 bits per heavy atom. The number of amides is 1. The quantitative estimate of drug-likeness (QED) is 0.168. The zero-order valence-electron chi connectivity index (χ0n) is 25.5. The molecule has 4 aliphatic carbocycles. The highest BCUT2D eigenvalue weighted by Crippen LogP contribution is 2.70. The first-order valence-corrected chi connectivity index (χ1v) is 16.3. The maximum Gasteiger partial charge on any atom is 0.331 e. The molecule has 0 spiro atoms. The molecule has 0 radical (unpaired) electrons. The molecule has 1 aromatic carbocycles. The van der Waals surface area contributed by atoms with Crippen LogP contribution in [0, 0.1) is 28.6 Å². The van der Waals surface area contributed by atoms with Crippen LogP contribution in [0.15, 0.2) is 53.3 Å². The van der Waals surface area contributed by atoms with Gasteiger partial charge in [-0.15, -0.1) is 0 Å². The number of fused-ring (bicyclic) bond motifs is 8. The van der Waals surface area contributed by atoms with E-state index in [1.807, 2.05) is 24.3 Å². The number of rotatable bonds is 4. The standard InChI is InChI=1S/C35H40N4O6/c1-32-10-7-25-26(35(32,44)13-9-24(32)20-14-30(41)45-18-20)8-12-34(43)16-21(40)6-11-33(25,34)19-37-39-31(42)28-15-23-22-4-2-3-5-27(22)38-29(23)17-36-28/h2-5,14-15,17,19,21,24-26,38,40,43-44H,6-13,16,18H2,1H3,(H,39,42)/b37-19-/t21-,24+,25+,26-,32-,33+,34+,35+/m1/s1. The number of cyclic esters (lactones) is 1. The van der Waals surface area contributed by atoms with Gasteiger partial charge in [-0.25, -0.2) is 15.2 Å². The van der Waals surface area contributed by atoms with E-state index in [4.69, 9.17) is 4.74 Å². The van der Waals surface area contributed by atoms with Gasteiger partial charge in [-0.3, -0.25) is 4.79 Å². The average molecular weight is 613 g/mol. The number of nitrogens with one attached hydrogen (secondary N) is 2. The monoisotopic (exact) mass is 612 g/mol. The molecule has 45 heavy (non-hydrogen) atoms. The zero-order chi connectivity index (χ0) is 31.2. The number of aliphatic hydroxyl groups is 3. The molecule has 8 atom stereocenters. The van der Waals surface area contributed by atoms with Crippen LogP contribution in [0.5, 0.6) is 0 Å². The minimum atomic E-state index is -1.21. The highest BCUT2D eigenvalue weighted by Gasteiger charge is 2.71. The molecule has 1 aliphatic heterocycles. The zero-order valence-corrected chi connectivity index (χ0v) is 25.5. The van der Waals surface area contributed by atoms with Crippen LogP contribution >= 0.6 is 0 Å². The fourth-order valence-corrected chi connectivity index (χ4v) is 10.5. The average Bonchev–Trinajstić information content (AvgIpc) is 3.69. The van der Waals surface area contributed by atoms with Gasteiger partial charge in [0.05, 0.1) is 29.0 Å². The normalized spacial score (nSPS) is 39.4. The number of aromatic amines is 1. The molecule has 236 valence electrons. The van der Waals surface area contributed by atoms with E-state index in [2.05, 4.69) is 27.4 Å². The molecule has 8 rings (SSSR count). The Morgan fingerprint density at radius 2 is 1.89 bits per heavy atom. The second-order valence-corrected chi connectivity index (χ2v) is 14.5. The van der Waals surface area contributed by atoms with E-state index < -0.39 is 34.0 Å². The van der Waals surface area contributed by atoms with Crippen LogP contribution in [0.1, 0.15) is 75.2 Å². The van der Waals surface area contributed by atoms with Crippen LogP contribution in [0.2, 0.25) is 0 Å². The Balaban J connectivity index is 1.10. The van der Waals surface area contributed by atoms with Crippen molar-refractivity contribution in [1.29, 1.82) is 0 Å². The van der Waals surface area contributed by atoms with Crippen LogP contribution in [-0.2, 0) is 9.53 Å². The number of esters is 1. The van der Waals surface area contributed by atoms with Crippen molar-refractivity contribution in [2.24, 2.45) is 33.7 Å². The van der Waals surface area contributed by atoms with Crippen molar-refractivity contribution in [3.8, 4) is 0 Å². The van der Waals surface area contributed by atoms with Gasteiger partial charge in [0.25, 0.3) is 5.91 Å². The molecule has 10 heteroatoms. The van der Waals surface area contributed by atoms with Crippen molar-refractivity contribution in [3.05, 3.63) is 53.9 Å². The molecular weight excluding hydrogens is 572 g/mol. The minimum absolute atomic E-state index is 0.0646. The molecule has 3 aromatic rings. The second kappa shape index (κ2) is 9.95. The van der Waals surface area contributed by atoms with E-state index in [9.17, 15) is 24.9 Å². The number of aromatic nitrogens is 2. The maximum atomic E-state index is 13.3. The molecular formula is C35H40N4O6. The summed E-state index contributed by atoms with van der Waals surface area (Å²) in [5, 5.41) is 41.9. The van der Waals surface area contributed by atoms with Gasteiger partial charge < -0.3 is 25.0 Å². The lowest BCUT2D eigenvalue weighted by Crippen LogP contribution is -2.68. The van der Waals surface area contributed by atoms with Gasteiger partial charge in [-0.2, -0.15) is 5.10 Å². The van der Waals surface area contributed by atoms with Crippen molar-refractivity contribution in [3.63, 3.8) is 0 Å². The third kappa shape index (κ3) is 4.04. The molecule has 0 bridgehead atoms. The number of hydrogen-bond acceptors (Lipinski definition) is 8. The fraction of sp³-hybridized carbons (Fsp3) is 0.543. The summed E-state index contributed by atoms with van der Waals surface area (Å²) < 4.78 is 5.26. The first-order chi connectivity index (χ1) is 21.6. The number of hydrazone groups is 1. The highest BCUT2D eigenvalue weighted by molar-refractivity contribution is 6.09. The van der Waals surface area contributed by atoms with E-state index in [0.29, 0.717) is 38.7 Å². The topological polar surface area (TPSA) is 157 Å². The molecule has 5 N–H and O–H groups in total. The van der Waals surface area contributed by atoms with Gasteiger partial charge in [0.15, 0.2) is 0 Å². The molecule has 0 saturated heterocycles. The minimum Gasteiger partial charge on any atom is -0.458 e. The molecule has 1 amide bonds. The lowest BCUT2D eigenvalue weighted by molar-refractivity contribution is -0.237. The molecule has 2 aromatic heterocycles. The first-order valence-electron chi connectivity index (χ1n) is 16.3. The Labute approximate surface area is 260 Å².